The standard InChI is InChI=1S/C50H61N3O13/c1-23-15-18-53(19-16-23)31-21-33(62-11)38-34(22-31)65-47-39(51-38)35-36-43(57)29(7)46-37(35)48(59)50(9,66-46)63-20-17-32(61-10)26(4)45(64-30(8)54)28(6)42(56)27(5)41(55)24(2)13-12-14-25(3)49(60)52-40(47)44(36)58/h12-14,17,20-24,26-28,32,41-42,45,55-56,58H,15-16,18-19H2,1-11H3,(H,52,60)/b13-12+,20-17+,25-14-/t24-,26+,27+,28+,32-,41-,42+,45+,50-/m0/s1. The molecule has 1 saturated heterocycles. The molecule has 0 unspecified atom stereocenters. The Hall–Kier alpha value is -5.97. The van der Waals surface area contributed by atoms with Gasteiger partial charge in [0.1, 0.15) is 34.3 Å². The van der Waals surface area contributed by atoms with E-state index in [0.717, 1.165) is 31.6 Å². The number of Topliss-reactive ketones (excluding diaryl/α,β-unsaturated/α-hetero) is 1. The van der Waals surface area contributed by atoms with Crippen molar-refractivity contribution in [2.24, 2.45) is 29.6 Å². The number of hydrogen-bond acceptors (Lipinski definition) is 15. The smallest absolute Gasteiger partial charge is 0.312 e. The van der Waals surface area contributed by atoms with E-state index in [9.17, 15) is 34.5 Å². The second-order valence-electron chi connectivity index (χ2n) is 18.4. The van der Waals surface area contributed by atoms with Crippen molar-refractivity contribution in [3.63, 3.8) is 0 Å². The van der Waals surface area contributed by atoms with Gasteiger partial charge in [-0.1, -0.05) is 52.8 Å². The van der Waals surface area contributed by atoms with Crippen LogP contribution in [0.25, 0.3) is 33.0 Å². The lowest BCUT2D eigenvalue weighted by Crippen LogP contribution is -2.46. The Morgan fingerprint density at radius 1 is 0.939 bits per heavy atom. The number of amides is 1. The van der Waals surface area contributed by atoms with Gasteiger partial charge in [-0.25, -0.2) is 4.98 Å². The van der Waals surface area contributed by atoms with Crippen LogP contribution in [0.5, 0.6) is 17.2 Å². The van der Waals surface area contributed by atoms with Gasteiger partial charge >= 0.3 is 11.8 Å². The molecule has 4 bridgehead atoms. The first-order valence-electron chi connectivity index (χ1n) is 22.5. The van der Waals surface area contributed by atoms with Crippen LogP contribution in [0, 0.1) is 36.5 Å². The number of ketones is 1. The van der Waals surface area contributed by atoms with Gasteiger partial charge in [0, 0.05) is 92.1 Å². The molecule has 0 spiro atoms. The summed E-state index contributed by atoms with van der Waals surface area (Å²) in [6.07, 6.45) is 5.62. The molecule has 3 aliphatic rings. The Bertz CT molecular complexity index is 2730. The van der Waals surface area contributed by atoms with Crippen LogP contribution in [0.1, 0.15) is 84.2 Å². The highest BCUT2D eigenvalue weighted by molar-refractivity contribution is 6.26. The summed E-state index contributed by atoms with van der Waals surface area (Å²) in [6, 6.07) is 3.66. The number of esters is 1. The molecule has 3 aromatic carbocycles. The SMILES string of the molecule is COc1cc(N2CCC(C)CC2)cc2oc3c4c(O)c5c(=O)c(C)c6c(c5c3nc12)C(=O)[C@@](C)(O/C=C/[C@H](OC)[C@@H](C)[C@@H](OC(C)=O)[C@H](C)[C@H](O)[C@H](C)[C@@H](O)[C@@H](C)/C=C/C=C(/C)C(=O)N4)O6. The summed E-state index contributed by atoms with van der Waals surface area (Å²) in [7, 11) is 2.95. The number of aromatic hydroxyl groups is 1. The Balaban J connectivity index is 1.47. The van der Waals surface area contributed by atoms with Crippen molar-refractivity contribution in [1.29, 1.82) is 0 Å². The largest absolute Gasteiger partial charge is 0.505 e. The zero-order valence-corrected chi connectivity index (χ0v) is 39.4. The van der Waals surface area contributed by atoms with Crippen molar-refractivity contribution >= 4 is 62.0 Å². The summed E-state index contributed by atoms with van der Waals surface area (Å²) in [4.78, 5) is 63.1. The zero-order chi connectivity index (χ0) is 48.1. The summed E-state index contributed by atoms with van der Waals surface area (Å²) in [6.45, 7) is 16.4. The molecule has 16 nitrogen and oxygen atoms in total. The first kappa shape index (κ1) is 48.0. The molecule has 9 atom stereocenters. The highest BCUT2D eigenvalue weighted by atomic mass is 16.7. The topological polar surface area (TPSA) is 216 Å². The van der Waals surface area contributed by atoms with Gasteiger partial charge in [-0.15, -0.1) is 0 Å². The number of piperidine rings is 1. The molecule has 1 fully saturated rings. The number of phenols is 1. The third kappa shape index (κ3) is 8.61. The number of hydrogen-bond donors (Lipinski definition) is 4. The minimum atomic E-state index is -2.06. The fourth-order valence-electron chi connectivity index (χ4n) is 9.47. The van der Waals surface area contributed by atoms with Crippen LogP contribution in [0.4, 0.5) is 11.4 Å². The van der Waals surface area contributed by atoms with Gasteiger partial charge in [-0.05, 0) is 38.7 Å². The summed E-state index contributed by atoms with van der Waals surface area (Å²) in [5, 5.41) is 37.6. The van der Waals surface area contributed by atoms with Gasteiger partial charge in [0.05, 0.1) is 42.6 Å². The quantitative estimate of drug-likeness (QED) is 0.0687. The van der Waals surface area contributed by atoms with Crippen LogP contribution in [0.15, 0.2) is 57.5 Å². The fraction of sp³-hybridized carbons (Fsp3) is 0.500. The van der Waals surface area contributed by atoms with Crippen molar-refractivity contribution < 1.29 is 57.8 Å². The van der Waals surface area contributed by atoms with Crippen molar-refractivity contribution in [2.45, 2.75) is 105 Å². The molecule has 7 rings (SSSR count). The molecule has 66 heavy (non-hydrogen) atoms. The number of methoxy groups -OCH3 is 2. The van der Waals surface area contributed by atoms with E-state index in [1.54, 1.807) is 46.8 Å². The second-order valence-corrected chi connectivity index (χ2v) is 18.4. The molecule has 0 radical (unpaired) electrons. The normalized spacial score (nSPS) is 29.9. The highest BCUT2D eigenvalue weighted by Gasteiger charge is 2.50. The molecule has 16 heteroatoms. The Kier molecular flexibility index (Phi) is 13.6. The molecule has 1 amide bonds. The Morgan fingerprint density at radius 3 is 2.29 bits per heavy atom. The third-order valence-electron chi connectivity index (χ3n) is 13.8. The minimum absolute atomic E-state index is 0.0117. The predicted molar refractivity (Wildman–Crippen MR) is 249 cm³/mol. The van der Waals surface area contributed by atoms with E-state index >= 15 is 0 Å². The van der Waals surface area contributed by atoms with Gasteiger partial charge in [0.2, 0.25) is 0 Å². The molecular weight excluding hydrogens is 851 g/mol. The number of aliphatic hydroxyl groups excluding tert-OH is 2. The van der Waals surface area contributed by atoms with Gasteiger partial charge in [-0.3, -0.25) is 19.2 Å². The predicted octanol–water partition coefficient (Wildman–Crippen LogP) is 7.24. The molecule has 4 heterocycles. The van der Waals surface area contributed by atoms with E-state index in [2.05, 4.69) is 17.1 Å². The number of anilines is 2. The first-order valence-corrected chi connectivity index (χ1v) is 22.5. The molecule has 3 aliphatic heterocycles. The van der Waals surface area contributed by atoms with E-state index in [4.69, 9.17) is 33.1 Å². The average Bonchev–Trinajstić information content (AvgIpc) is 3.56. The first-order chi connectivity index (χ1) is 31.2. The van der Waals surface area contributed by atoms with Gasteiger partial charge in [0.25, 0.3) is 11.7 Å². The highest BCUT2D eigenvalue weighted by Crippen LogP contribution is 2.49. The van der Waals surface area contributed by atoms with Crippen molar-refractivity contribution in [3.05, 3.63) is 69.6 Å². The van der Waals surface area contributed by atoms with Gasteiger partial charge in [-0.2, -0.15) is 0 Å². The molecule has 0 saturated carbocycles. The average molecular weight is 912 g/mol. The number of rotatable bonds is 4. The molecule has 0 aliphatic carbocycles. The number of aromatic nitrogens is 1. The number of allylic oxidation sites excluding steroid dienone is 2. The number of ether oxygens (including phenoxy) is 5. The maximum Gasteiger partial charge on any atom is 0.312 e. The maximum atomic E-state index is 14.8. The van der Waals surface area contributed by atoms with E-state index in [1.165, 1.54) is 53.4 Å². The van der Waals surface area contributed by atoms with E-state index < -0.39 is 82.7 Å². The van der Waals surface area contributed by atoms with Crippen molar-refractivity contribution in [1.82, 2.24) is 4.98 Å². The minimum Gasteiger partial charge on any atom is -0.505 e. The third-order valence-corrected chi connectivity index (χ3v) is 13.8. The molecule has 4 aromatic rings. The second kappa shape index (κ2) is 18.7. The maximum absolute atomic E-state index is 14.8. The van der Waals surface area contributed by atoms with Gasteiger partial charge in [0.15, 0.2) is 22.3 Å². The Morgan fingerprint density at radius 2 is 1.64 bits per heavy atom. The van der Waals surface area contributed by atoms with Crippen LogP contribution >= 0.6 is 0 Å². The van der Waals surface area contributed by atoms with Gasteiger partial charge < -0.3 is 53.6 Å². The van der Waals surface area contributed by atoms with E-state index in [1.807, 2.05) is 12.1 Å². The lowest BCUT2D eigenvalue weighted by atomic mass is 9.78. The number of aliphatic hydroxyl groups is 2. The van der Waals surface area contributed by atoms with Crippen LogP contribution in [-0.2, 0) is 23.8 Å². The lowest BCUT2D eigenvalue weighted by Gasteiger charge is -2.38. The Labute approximate surface area is 383 Å². The number of carbonyl (C=O) groups excluding carboxylic acids is 3. The number of nitrogens with zero attached hydrogens (tertiary/aromatic N) is 2. The summed E-state index contributed by atoms with van der Waals surface area (Å²) >= 11 is 0. The molecule has 1 aromatic heterocycles. The molecule has 4 N–H and O–H groups in total. The zero-order valence-electron chi connectivity index (χ0n) is 39.4. The monoisotopic (exact) mass is 911 g/mol. The molecule has 354 valence electrons. The summed E-state index contributed by atoms with van der Waals surface area (Å²) in [5.41, 5.74) is 0.265. The van der Waals surface area contributed by atoms with E-state index in [-0.39, 0.29) is 61.1 Å². The lowest BCUT2D eigenvalue weighted by molar-refractivity contribution is -0.160. The molecular formula is C50H61N3O13. The number of benzene rings is 3. The number of nitrogens with one attached hydrogen (secondary N) is 1. The van der Waals surface area contributed by atoms with Crippen LogP contribution in [0.3, 0.4) is 0 Å². The van der Waals surface area contributed by atoms with Crippen molar-refractivity contribution in [2.75, 3.05) is 37.5 Å². The van der Waals surface area contributed by atoms with Crippen LogP contribution in [0.2, 0.25) is 0 Å². The number of fused-ring (bicyclic) bond motifs is 2. The fourth-order valence-corrected chi connectivity index (χ4v) is 9.47. The van der Waals surface area contributed by atoms with Crippen LogP contribution in [-0.4, -0.2) is 95.5 Å². The summed E-state index contributed by atoms with van der Waals surface area (Å²) < 4.78 is 36.5. The summed E-state index contributed by atoms with van der Waals surface area (Å²) in [5.74, 6) is -6.35. The van der Waals surface area contributed by atoms with Crippen LogP contribution < -0.4 is 25.1 Å². The van der Waals surface area contributed by atoms with E-state index in [0.29, 0.717) is 11.7 Å². The van der Waals surface area contributed by atoms with Crippen molar-refractivity contribution in [3.8, 4) is 17.2 Å². The number of phenolic OH excluding ortho intramolecular Hbond substituents is 1. The number of carbonyl (C=O) groups is 3.